The van der Waals surface area contributed by atoms with Crippen molar-refractivity contribution in [1.29, 1.82) is 0 Å². The molecule has 2 aromatic heterocycles. The number of hydrazone groups is 1. The zero-order chi connectivity index (χ0) is 23.8. The normalized spacial score (nSPS) is 14.5. The summed E-state index contributed by atoms with van der Waals surface area (Å²) in [5, 5.41) is 19.6. The molecule has 0 unspecified atom stereocenters. The molecule has 1 fully saturated rings. The van der Waals surface area contributed by atoms with Crippen molar-refractivity contribution in [3.63, 3.8) is 0 Å². The molecule has 3 aromatic rings. The van der Waals surface area contributed by atoms with E-state index in [2.05, 4.69) is 47.6 Å². The Kier molecular flexibility index (Phi) is 7.78. The average Bonchev–Trinajstić information content (AvgIpc) is 3.46. The number of rotatable bonds is 10. The second-order valence-corrected chi connectivity index (χ2v) is 7.63. The lowest BCUT2D eigenvalue weighted by molar-refractivity contribution is 0.0335. The molecule has 1 saturated heterocycles. The number of nitrogens with two attached hydrogens (primary N) is 1. The molecule has 3 heterocycles. The van der Waals surface area contributed by atoms with Crippen LogP contribution in [0.5, 0.6) is 5.75 Å². The third-order valence-electron chi connectivity index (χ3n) is 5.15. The summed E-state index contributed by atoms with van der Waals surface area (Å²) in [4.78, 5) is 15.2. The minimum absolute atomic E-state index is 0.0124. The molecule has 0 saturated carbocycles. The first-order valence-electron chi connectivity index (χ1n) is 11.0. The van der Waals surface area contributed by atoms with Gasteiger partial charge in [-0.2, -0.15) is 9.78 Å². The highest BCUT2D eigenvalue weighted by atomic mass is 16.6. The fraction of sp³-hybridized carbons (Fsp3) is 0.429. The fourth-order valence-corrected chi connectivity index (χ4v) is 3.31. The van der Waals surface area contributed by atoms with E-state index < -0.39 is 5.91 Å². The summed E-state index contributed by atoms with van der Waals surface area (Å²) in [6, 6.07) is 7.43. The van der Waals surface area contributed by atoms with Crippen LogP contribution in [-0.4, -0.2) is 75.2 Å². The van der Waals surface area contributed by atoms with Crippen LogP contribution in [0, 0.1) is 0 Å². The number of hydrogen-bond acceptors (Lipinski definition) is 11. The van der Waals surface area contributed by atoms with Crippen molar-refractivity contribution in [3.05, 3.63) is 41.2 Å². The average molecular weight is 470 g/mol. The SMILES string of the molecule is CCCCOc1ccc(C=NNC(=O)c2c(CN3CCOCC3)nnn2-c2nonc2N)cc1. The number of carbonyl (C=O) groups is 1. The van der Waals surface area contributed by atoms with Gasteiger partial charge in [0, 0.05) is 19.6 Å². The van der Waals surface area contributed by atoms with Crippen LogP contribution in [-0.2, 0) is 11.3 Å². The summed E-state index contributed by atoms with van der Waals surface area (Å²) in [6.45, 7) is 5.87. The van der Waals surface area contributed by atoms with E-state index in [0.717, 1.165) is 37.2 Å². The minimum Gasteiger partial charge on any atom is -0.494 e. The van der Waals surface area contributed by atoms with Crippen molar-refractivity contribution in [3.8, 4) is 11.6 Å². The van der Waals surface area contributed by atoms with Gasteiger partial charge in [0.25, 0.3) is 5.91 Å². The number of aromatic nitrogens is 5. The number of ether oxygens (including phenoxy) is 2. The van der Waals surface area contributed by atoms with Crippen molar-refractivity contribution in [2.75, 3.05) is 38.6 Å². The van der Waals surface area contributed by atoms with E-state index in [9.17, 15) is 4.79 Å². The zero-order valence-electron chi connectivity index (χ0n) is 18.9. The van der Waals surface area contributed by atoms with Gasteiger partial charge in [-0.3, -0.25) is 9.69 Å². The molecule has 0 atom stereocenters. The topological polar surface area (TPSA) is 159 Å². The van der Waals surface area contributed by atoms with E-state index in [1.54, 1.807) is 0 Å². The number of carbonyl (C=O) groups excluding carboxylic acids is 1. The first kappa shape index (κ1) is 23.3. The van der Waals surface area contributed by atoms with Crippen LogP contribution in [0.2, 0.25) is 0 Å². The number of nitrogens with one attached hydrogen (secondary N) is 1. The van der Waals surface area contributed by atoms with Crippen LogP contribution < -0.4 is 15.9 Å². The Bertz CT molecular complexity index is 1100. The van der Waals surface area contributed by atoms with Crippen LogP contribution >= 0.6 is 0 Å². The lowest BCUT2D eigenvalue weighted by Gasteiger charge is -2.25. The van der Waals surface area contributed by atoms with E-state index >= 15 is 0 Å². The van der Waals surface area contributed by atoms with Gasteiger partial charge in [-0.05, 0) is 46.6 Å². The summed E-state index contributed by atoms with van der Waals surface area (Å²) >= 11 is 0. The summed E-state index contributed by atoms with van der Waals surface area (Å²) < 4.78 is 16.9. The van der Waals surface area contributed by atoms with E-state index in [4.69, 9.17) is 15.2 Å². The number of nitrogen functional groups attached to an aromatic ring is 1. The monoisotopic (exact) mass is 469 g/mol. The summed E-state index contributed by atoms with van der Waals surface area (Å²) in [7, 11) is 0. The van der Waals surface area contributed by atoms with Gasteiger partial charge in [-0.25, -0.2) is 10.1 Å². The lowest BCUT2D eigenvalue weighted by atomic mass is 10.2. The Balaban J connectivity index is 1.47. The van der Waals surface area contributed by atoms with Gasteiger partial charge >= 0.3 is 0 Å². The molecule has 13 heteroatoms. The number of amides is 1. The second kappa shape index (κ2) is 11.3. The third-order valence-corrected chi connectivity index (χ3v) is 5.15. The maximum Gasteiger partial charge on any atom is 0.292 e. The maximum atomic E-state index is 13.1. The molecule has 0 bridgehead atoms. The minimum atomic E-state index is -0.522. The van der Waals surface area contributed by atoms with Crippen LogP contribution in [0.4, 0.5) is 5.82 Å². The van der Waals surface area contributed by atoms with Gasteiger partial charge in [0.15, 0.2) is 5.69 Å². The zero-order valence-corrected chi connectivity index (χ0v) is 18.9. The van der Waals surface area contributed by atoms with Crippen molar-refractivity contribution < 1.29 is 18.9 Å². The molecule has 34 heavy (non-hydrogen) atoms. The molecular formula is C21H27N9O4. The highest BCUT2D eigenvalue weighted by molar-refractivity contribution is 5.95. The first-order chi connectivity index (χ1) is 16.7. The van der Waals surface area contributed by atoms with Gasteiger partial charge in [0.2, 0.25) is 11.6 Å². The quantitative estimate of drug-likeness (QED) is 0.249. The number of morpholine rings is 1. The molecule has 1 amide bonds. The third kappa shape index (κ3) is 5.74. The first-order valence-corrected chi connectivity index (χ1v) is 11.0. The molecule has 13 nitrogen and oxygen atoms in total. The number of hydrogen-bond donors (Lipinski definition) is 2. The number of benzene rings is 1. The molecule has 1 aliphatic heterocycles. The van der Waals surface area contributed by atoms with E-state index in [1.165, 1.54) is 10.9 Å². The lowest BCUT2D eigenvalue weighted by Crippen LogP contribution is -2.36. The Morgan fingerprint density at radius 2 is 2.06 bits per heavy atom. The maximum absolute atomic E-state index is 13.1. The van der Waals surface area contributed by atoms with Crippen molar-refractivity contribution in [1.82, 2.24) is 35.6 Å². The van der Waals surface area contributed by atoms with Crippen LogP contribution in [0.15, 0.2) is 34.0 Å². The Morgan fingerprint density at radius 1 is 1.26 bits per heavy atom. The van der Waals surface area contributed by atoms with Gasteiger partial charge in [0.05, 0.1) is 26.0 Å². The van der Waals surface area contributed by atoms with Crippen LogP contribution in [0.3, 0.4) is 0 Å². The number of anilines is 1. The number of nitrogens with zero attached hydrogens (tertiary/aromatic N) is 7. The predicted octanol–water partition coefficient (Wildman–Crippen LogP) is 1.01. The van der Waals surface area contributed by atoms with E-state index in [1.807, 2.05) is 24.3 Å². The second-order valence-electron chi connectivity index (χ2n) is 7.63. The van der Waals surface area contributed by atoms with Gasteiger partial charge in [-0.1, -0.05) is 18.6 Å². The van der Waals surface area contributed by atoms with Crippen molar-refractivity contribution in [2.45, 2.75) is 26.3 Å². The fourth-order valence-electron chi connectivity index (χ4n) is 3.31. The molecule has 0 spiro atoms. The van der Waals surface area contributed by atoms with Crippen molar-refractivity contribution in [2.24, 2.45) is 5.10 Å². The highest BCUT2D eigenvalue weighted by Gasteiger charge is 2.26. The largest absolute Gasteiger partial charge is 0.494 e. The number of unbranched alkanes of at least 4 members (excludes halogenated alkanes) is 1. The predicted molar refractivity (Wildman–Crippen MR) is 122 cm³/mol. The standard InChI is InChI=1S/C21H27N9O4/c1-2-3-10-33-16-6-4-15(5-7-16)13-23-25-21(31)18-17(14-29-8-11-32-12-9-29)24-28-30(18)20-19(22)26-34-27-20/h4-7,13H,2-3,8-12,14H2,1H3,(H2,22,26)(H,25,31). The molecule has 1 aromatic carbocycles. The molecule has 180 valence electrons. The van der Waals surface area contributed by atoms with Crippen LogP contribution in [0.25, 0.3) is 5.82 Å². The van der Waals surface area contributed by atoms with Gasteiger partial charge < -0.3 is 15.2 Å². The molecular weight excluding hydrogens is 442 g/mol. The molecule has 3 N–H and O–H groups in total. The Labute approximate surface area is 195 Å². The Morgan fingerprint density at radius 3 is 2.76 bits per heavy atom. The van der Waals surface area contributed by atoms with Crippen LogP contribution in [0.1, 0.15) is 41.5 Å². The molecule has 0 radical (unpaired) electrons. The Hall–Kier alpha value is -3.84. The van der Waals surface area contributed by atoms with E-state index in [0.29, 0.717) is 32.1 Å². The smallest absolute Gasteiger partial charge is 0.292 e. The van der Waals surface area contributed by atoms with Crippen molar-refractivity contribution >= 4 is 17.9 Å². The summed E-state index contributed by atoms with van der Waals surface area (Å²) in [5.74, 6) is 0.331. The summed E-state index contributed by atoms with van der Waals surface area (Å²) in [6.07, 6.45) is 3.62. The molecule has 4 rings (SSSR count). The van der Waals surface area contributed by atoms with Gasteiger partial charge in [-0.15, -0.1) is 5.10 Å². The summed E-state index contributed by atoms with van der Waals surface area (Å²) in [5.41, 5.74) is 9.73. The van der Waals surface area contributed by atoms with E-state index in [-0.39, 0.29) is 17.3 Å². The highest BCUT2D eigenvalue weighted by Crippen LogP contribution is 2.17. The molecule has 1 aliphatic rings. The molecule has 0 aliphatic carbocycles. The van der Waals surface area contributed by atoms with Gasteiger partial charge in [0.1, 0.15) is 11.4 Å².